The van der Waals surface area contributed by atoms with Crippen LogP contribution >= 0.6 is 0 Å². The minimum Gasteiger partial charge on any atom is -0.460 e. The zero-order chi connectivity index (χ0) is 45.7. The van der Waals surface area contributed by atoms with Crippen molar-refractivity contribution in [3.63, 3.8) is 0 Å². The Kier molecular flexibility index (Phi) is 14.8. The summed E-state index contributed by atoms with van der Waals surface area (Å²) in [6.07, 6.45) is 15.2. The van der Waals surface area contributed by atoms with Gasteiger partial charge in [0.05, 0.1) is 12.0 Å². The zero-order valence-electron chi connectivity index (χ0n) is 40.6. The minimum atomic E-state index is -0.153. The molecule has 1 N–H and O–H groups in total. The molecular formula is C59H72N3O2+. The van der Waals surface area contributed by atoms with Gasteiger partial charge in [-0.2, -0.15) is 4.58 Å². The monoisotopic (exact) mass is 855 g/mol. The van der Waals surface area contributed by atoms with E-state index in [1.165, 1.54) is 83.8 Å². The number of fused-ring (bicyclic) bond motifs is 1. The van der Waals surface area contributed by atoms with Gasteiger partial charge in [0, 0.05) is 58.7 Å². The number of ether oxygens (including phenoxy) is 1. The van der Waals surface area contributed by atoms with Gasteiger partial charge in [-0.1, -0.05) is 107 Å². The Balaban J connectivity index is 1.35. The van der Waals surface area contributed by atoms with E-state index in [0.29, 0.717) is 0 Å². The van der Waals surface area contributed by atoms with Crippen LogP contribution in [0.4, 0.5) is 22.7 Å². The molecule has 5 aromatic carbocycles. The Morgan fingerprint density at radius 1 is 0.734 bits per heavy atom. The Morgan fingerprint density at radius 2 is 1.34 bits per heavy atom. The fourth-order valence-electron chi connectivity index (χ4n) is 10.3. The van der Waals surface area contributed by atoms with Gasteiger partial charge in [-0.25, -0.2) is 0 Å². The van der Waals surface area contributed by atoms with Crippen LogP contribution < -0.4 is 10.2 Å². The third kappa shape index (κ3) is 9.99. The third-order valence-electron chi connectivity index (χ3n) is 13.5. The second-order valence-corrected chi connectivity index (χ2v) is 19.0. The lowest BCUT2D eigenvalue weighted by Gasteiger charge is -2.34. The molecule has 334 valence electrons. The highest BCUT2D eigenvalue weighted by Crippen LogP contribution is 2.40. The number of allylic oxidation sites excluding steroid dienone is 5. The first kappa shape index (κ1) is 46.3. The van der Waals surface area contributed by atoms with Crippen LogP contribution in [0.1, 0.15) is 118 Å². The number of carbonyl (C=O) groups excluding carboxylic acids is 1. The summed E-state index contributed by atoms with van der Waals surface area (Å²) in [6, 6.07) is 31.9. The lowest BCUT2D eigenvalue weighted by Crippen LogP contribution is -2.41. The van der Waals surface area contributed by atoms with E-state index in [1.807, 2.05) is 6.92 Å². The van der Waals surface area contributed by atoms with Gasteiger partial charge < -0.3 is 15.0 Å². The number of nitrogens with one attached hydrogen (secondary N) is 1. The second-order valence-electron chi connectivity index (χ2n) is 19.0. The Hall–Kier alpha value is -5.68. The number of esters is 1. The molecule has 2 aliphatic carbocycles. The number of rotatable bonds is 14. The summed E-state index contributed by atoms with van der Waals surface area (Å²) in [5.41, 5.74) is 18.6. The first-order chi connectivity index (χ1) is 30.8. The van der Waals surface area contributed by atoms with Gasteiger partial charge in [0.15, 0.2) is 0 Å². The van der Waals surface area contributed by atoms with Crippen molar-refractivity contribution >= 4 is 50.8 Å². The molecule has 0 aromatic heterocycles. The highest BCUT2D eigenvalue weighted by Gasteiger charge is 2.31. The Morgan fingerprint density at radius 3 is 1.95 bits per heavy atom. The topological polar surface area (TPSA) is 44.6 Å². The molecule has 2 aliphatic rings. The van der Waals surface area contributed by atoms with Gasteiger partial charge in [0.25, 0.3) is 0 Å². The first-order valence-electron chi connectivity index (χ1n) is 24.1. The molecule has 0 saturated heterocycles. The number of aryl methyl sites for hydroxylation is 6. The lowest BCUT2D eigenvalue weighted by atomic mass is 9.87. The Labute approximate surface area is 384 Å². The van der Waals surface area contributed by atoms with Crippen molar-refractivity contribution in [3.8, 4) is 0 Å². The molecule has 3 atom stereocenters. The Bertz CT molecular complexity index is 2560. The summed E-state index contributed by atoms with van der Waals surface area (Å²) in [5.74, 6) is 0.0237. The fourth-order valence-corrected chi connectivity index (χ4v) is 10.3. The van der Waals surface area contributed by atoms with Gasteiger partial charge in [-0.15, -0.1) is 0 Å². The first-order valence-corrected chi connectivity index (χ1v) is 24.1. The lowest BCUT2D eigenvalue weighted by molar-refractivity contribution is -0.440. The van der Waals surface area contributed by atoms with Crippen LogP contribution in [0.5, 0.6) is 0 Å². The van der Waals surface area contributed by atoms with Gasteiger partial charge in [0.2, 0.25) is 11.4 Å². The molecular weight excluding hydrogens is 783 g/mol. The van der Waals surface area contributed by atoms with Crippen LogP contribution in [-0.4, -0.2) is 41.5 Å². The number of nitrogens with zero attached hydrogens (tertiary/aromatic N) is 2. The van der Waals surface area contributed by atoms with E-state index in [-0.39, 0.29) is 30.0 Å². The maximum atomic E-state index is 13.2. The quantitative estimate of drug-likeness (QED) is 0.0893. The predicted octanol–water partition coefficient (Wildman–Crippen LogP) is 14.9. The van der Waals surface area contributed by atoms with Crippen LogP contribution in [0.15, 0.2) is 115 Å². The molecule has 64 heavy (non-hydrogen) atoms. The van der Waals surface area contributed by atoms with Crippen LogP contribution in [0.2, 0.25) is 0 Å². The largest absolute Gasteiger partial charge is 0.460 e. The molecule has 5 nitrogen and oxygen atoms in total. The average Bonchev–Trinajstić information content (AvgIpc) is 3.26. The molecule has 0 bridgehead atoms. The van der Waals surface area contributed by atoms with Crippen molar-refractivity contribution in [2.45, 2.75) is 127 Å². The second kappa shape index (κ2) is 20.4. The minimum absolute atomic E-state index is 0.0496. The summed E-state index contributed by atoms with van der Waals surface area (Å²) in [5, 5.41) is 6.26. The zero-order valence-corrected chi connectivity index (χ0v) is 40.6. The van der Waals surface area contributed by atoms with Gasteiger partial charge in [-0.05, 0) is 154 Å². The summed E-state index contributed by atoms with van der Waals surface area (Å²) in [4.78, 5) is 15.7. The highest BCUT2D eigenvalue weighted by atomic mass is 16.5. The molecule has 0 aliphatic heterocycles. The van der Waals surface area contributed by atoms with Crippen molar-refractivity contribution in [3.05, 3.63) is 159 Å². The van der Waals surface area contributed by atoms with E-state index in [9.17, 15) is 4.79 Å². The molecule has 5 aromatic rings. The number of carbonyl (C=O) groups is 1. The number of benzene rings is 5. The number of hydrogen-bond acceptors (Lipinski definition) is 4. The van der Waals surface area contributed by atoms with Crippen LogP contribution in [-0.2, 0) is 9.53 Å². The van der Waals surface area contributed by atoms with Crippen LogP contribution in [0.25, 0.3) is 16.3 Å². The van der Waals surface area contributed by atoms with Crippen molar-refractivity contribution in [1.29, 1.82) is 0 Å². The molecule has 0 heterocycles. The van der Waals surface area contributed by atoms with E-state index < -0.39 is 0 Å². The predicted molar refractivity (Wildman–Crippen MR) is 273 cm³/mol. The molecule has 5 heteroatoms. The van der Waals surface area contributed by atoms with Gasteiger partial charge >= 0.3 is 5.97 Å². The van der Waals surface area contributed by atoms with Crippen LogP contribution in [0.3, 0.4) is 0 Å². The molecule has 1 fully saturated rings. The van der Waals surface area contributed by atoms with Crippen molar-refractivity contribution in [2.75, 3.05) is 23.3 Å². The normalized spacial score (nSPS) is 16.6. The molecule has 0 amide bonds. The molecule has 0 radical (unpaired) electrons. The molecule has 3 unspecified atom stereocenters. The van der Waals surface area contributed by atoms with E-state index >= 15 is 0 Å². The van der Waals surface area contributed by atoms with Gasteiger partial charge in [-0.3, -0.25) is 4.79 Å². The number of anilines is 3. The molecule has 0 spiro atoms. The molecule has 7 rings (SSSR count). The van der Waals surface area contributed by atoms with E-state index in [1.54, 1.807) is 0 Å². The smallest absolute Gasteiger partial charge is 0.309 e. The SMILES string of the molecule is CCCN(c1ccc(C(=C2C=CC(=[N+](CCC)c3c(C)cc(C)cc3C)C=C2)c2ccc(NC3CCCCC3OC(=O)C(C)C(C)C)c3ccccc23)cc1)c1c(C)cc(C)cc1C. The maximum absolute atomic E-state index is 13.2. The van der Waals surface area contributed by atoms with Crippen molar-refractivity contribution in [2.24, 2.45) is 11.8 Å². The van der Waals surface area contributed by atoms with Crippen LogP contribution in [0, 0.1) is 53.4 Å². The van der Waals surface area contributed by atoms with E-state index in [4.69, 9.17) is 4.74 Å². The number of hydrogen-bond donors (Lipinski definition) is 1. The maximum Gasteiger partial charge on any atom is 0.309 e. The average molecular weight is 855 g/mol. The summed E-state index contributed by atoms with van der Waals surface area (Å²) < 4.78 is 8.75. The van der Waals surface area contributed by atoms with Gasteiger partial charge in [0.1, 0.15) is 12.6 Å². The summed E-state index contributed by atoms with van der Waals surface area (Å²) in [6.45, 7) is 25.9. The van der Waals surface area contributed by atoms with E-state index in [2.05, 4.69) is 193 Å². The standard InChI is InChI=1S/C59H71N3O2/c1-12-32-61(57-41(7)34-39(5)35-42(57)8)48-26-22-46(23-27-48)56(47-24-28-49(29-25-47)62(33-13-2)58-43(9)36-40(6)37-44(58)10)52-30-31-53(51-19-15-14-18-50(51)52)60-54-20-16-17-21-55(54)64-59(63)45(11)38(3)4/h14-15,18-19,22-31,34-38,45,54-55H,12-13,16-17,20-21,32-33H2,1-11H3/p+1. The summed E-state index contributed by atoms with van der Waals surface area (Å²) in [7, 11) is 0. The molecule has 1 saturated carbocycles. The third-order valence-corrected chi connectivity index (χ3v) is 13.5. The fraction of sp³-hybridized carbons (Fsp3) is 0.390. The van der Waals surface area contributed by atoms with E-state index in [0.717, 1.165) is 62.7 Å². The van der Waals surface area contributed by atoms with Crippen molar-refractivity contribution in [1.82, 2.24) is 0 Å². The highest BCUT2D eigenvalue weighted by molar-refractivity contribution is 6.08. The summed E-state index contributed by atoms with van der Waals surface area (Å²) >= 11 is 0. The van der Waals surface area contributed by atoms with Crippen molar-refractivity contribution < 1.29 is 14.1 Å².